The molecule has 0 aliphatic heterocycles. The zero-order chi connectivity index (χ0) is 23.4. The van der Waals surface area contributed by atoms with E-state index in [4.69, 9.17) is 0 Å². The molecule has 4 rings (SSSR count). The molecule has 33 heavy (non-hydrogen) atoms. The van der Waals surface area contributed by atoms with Crippen LogP contribution >= 0.6 is 0 Å². The van der Waals surface area contributed by atoms with Crippen molar-refractivity contribution < 1.29 is 22.0 Å². The minimum Gasteiger partial charge on any atom is -0.339 e. The summed E-state index contributed by atoms with van der Waals surface area (Å²) in [6.07, 6.45) is 3.37. The molecule has 0 bridgehead atoms. The van der Waals surface area contributed by atoms with Crippen molar-refractivity contribution in [2.45, 2.75) is 10.7 Å². The zero-order valence-electron chi connectivity index (χ0n) is 16.8. The number of halogens is 2. The minimum absolute atomic E-state index is 0.343. The minimum atomic E-state index is -4.93. The van der Waals surface area contributed by atoms with Gasteiger partial charge >= 0.3 is 5.76 Å². The number of nitrogens with one attached hydrogen (secondary N) is 2. The lowest BCUT2D eigenvalue weighted by atomic mass is 10.2. The molecule has 2 heterocycles. The van der Waals surface area contributed by atoms with Gasteiger partial charge in [0.15, 0.2) is 11.6 Å². The van der Waals surface area contributed by atoms with Crippen molar-refractivity contribution in [3.63, 3.8) is 0 Å². The fourth-order valence-corrected chi connectivity index (χ4v) is 3.83. The van der Waals surface area contributed by atoms with Crippen molar-refractivity contribution in [3.8, 4) is 5.82 Å². The Bertz CT molecular complexity index is 1360. The van der Waals surface area contributed by atoms with Gasteiger partial charge in [0, 0.05) is 23.8 Å². The Balaban J connectivity index is 1.45. The predicted molar refractivity (Wildman–Crippen MR) is 116 cm³/mol. The van der Waals surface area contributed by atoms with Gasteiger partial charge in [-0.05, 0) is 54.6 Å². The van der Waals surface area contributed by atoms with Crippen LogP contribution in [0.3, 0.4) is 0 Å². The van der Waals surface area contributed by atoms with Crippen LogP contribution in [0.5, 0.6) is 0 Å². The summed E-state index contributed by atoms with van der Waals surface area (Å²) in [6.45, 7) is 0. The molecule has 0 fully saturated rings. The first-order valence-corrected chi connectivity index (χ1v) is 11.0. The molecule has 0 atom stereocenters. The number of nitrogens with zero attached hydrogens (tertiary/aromatic N) is 4. The van der Waals surface area contributed by atoms with Crippen molar-refractivity contribution in [3.05, 3.63) is 84.7 Å². The summed E-state index contributed by atoms with van der Waals surface area (Å²) in [5.41, 5.74) is 0.622. The van der Waals surface area contributed by atoms with E-state index in [1.54, 1.807) is 59.5 Å². The first kappa shape index (κ1) is 22.0. The Kier molecular flexibility index (Phi) is 6.09. The molecule has 0 spiro atoms. The van der Waals surface area contributed by atoms with Gasteiger partial charge in [-0.15, -0.1) is 10.2 Å². The van der Waals surface area contributed by atoms with Crippen LogP contribution in [-0.4, -0.2) is 40.1 Å². The van der Waals surface area contributed by atoms with Gasteiger partial charge in [-0.3, -0.25) is 4.79 Å². The van der Waals surface area contributed by atoms with Crippen LogP contribution in [0.25, 0.3) is 5.82 Å². The molecular weight excluding hydrogens is 454 g/mol. The van der Waals surface area contributed by atoms with Crippen LogP contribution in [0.4, 0.5) is 26.0 Å². The first-order valence-electron chi connectivity index (χ1n) is 9.48. The van der Waals surface area contributed by atoms with Crippen LogP contribution in [0.2, 0.25) is 0 Å². The highest BCUT2D eigenvalue weighted by Gasteiger charge is 2.30. The van der Waals surface area contributed by atoms with Crippen LogP contribution in [0.1, 0.15) is 10.4 Å². The highest BCUT2D eigenvalue weighted by Crippen LogP contribution is 2.24. The van der Waals surface area contributed by atoms with Crippen molar-refractivity contribution in [1.82, 2.24) is 20.0 Å². The molecule has 4 aromatic rings. The SMILES string of the molecule is O=C(Nc1ccc(Nc2ccc(-n3cccn3)nn2)cc1)c1ccccc1S(=O)(=O)C(F)F. The molecule has 0 unspecified atom stereocenters. The van der Waals surface area contributed by atoms with E-state index >= 15 is 0 Å². The Morgan fingerprint density at radius 3 is 2.27 bits per heavy atom. The van der Waals surface area contributed by atoms with Crippen LogP contribution in [0.15, 0.2) is 84.0 Å². The quantitative estimate of drug-likeness (QED) is 0.423. The third-order valence-corrected chi connectivity index (χ3v) is 5.92. The average Bonchev–Trinajstić information content (AvgIpc) is 3.36. The third-order valence-electron chi connectivity index (χ3n) is 4.48. The number of sulfone groups is 1. The lowest BCUT2D eigenvalue weighted by molar-refractivity contribution is 0.102. The maximum atomic E-state index is 12.9. The first-order chi connectivity index (χ1) is 15.8. The molecule has 12 heteroatoms. The summed E-state index contributed by atoms with van der Waals surface area (Å²) in [6, 6.07) is 16.5. The summed E-state index contributed by atoms with van der Waals surface area (Å²) in [5, 5.41) is 17.8. The van der Waals surface area contributed by atoms with E-state index < -0.39 is 26.4 Å². The molecule has 0 saturated carbocycles. The maximum absolute atomic E-state index is 12.9. The monoisotopic (exact) mass is 470 g/mol. The summed E-state index contributed by atoms with van der Waals surface area (Å²) < 4.78 is 51.2. The lowest BCUT2D eigenvalue weighted by Gasteiger charge is -2.11. The molecule has 2 aromatic heterocycles. The number of alkyl halides is 2. The van der Waals surface area contributed by atoms with E-state index in [1.165, 1.54) is 18.2 Å². The van der Waals surface area contributed by atoms with Crippen molar-refractivity contribution >= 4 is 32.9 Å². The molecule has 0 aliphatic carbocycles. The molecule has 9 nitrogen and oxygen atoms in total. The standard InChI is InChI=1S/C21H16F2N6O3S/c22-21(23)33(31,32)17-5-2-1-4-16(17)20(30)26-15-8-6-14(7-9-15)25-18-10-11-19(28-27-18)29-13-3-12-24-29/h1-13,21H,(H,25,27)(H,26,30). The van der Waals surface area contributed by atoms with Crippen LogP contribution < -0.4 is 10.6 Å². The summed E-state index contributed by atoms with van der Waals surface area (Å²) >= 11 is 0. The predicted octanol–water partition coefficient (Wildman–Crippen LogP) is 3.65. The Labute approximate surface area is 187 Å². The normalized spacial score (nSPS) is 11.4. The second-order valence-electron chi connectivity index (χ2n) is 6.69. The lowest BCUT2D eigenvalue weighted by Crippen LogP contribution is -2.19. The fourth-order valence-electron chi connectivity index (χ4n) is 2.90. The van der Waals surface area contributed by atoms with Gasteiger partial charge in [-0.2, -0.15) is 13.9 Å². The van der Waals surface area contributed by atoms with Gasteiger partial charge < -0.3 is 10.6 Å². The maximum Gasteiger partial charge on any atom is 0.341 e. The summed E-state index contributed by atoms with van der Waals surface area (Å²) in [4.78, 5) is 11.8. The number of hydrogen-bond donors (Lipinski definition) is 2. The van der Waals surface area contributed by atoms with Gasteiger partial charge in [-0.1, -0.05) is 12.1 Å². The third kappa shape index (κ3) is 4.85. The van der Waals surface area contributed by atoms with E-state index in [0.717, 1.165) is 6.07 Å². The topological polar surface area (TPSA) is 119 Å². The summed E-state index contributed by atoms with van der Waals surface area (Å²) in [5.74, 6) is -3.42. The Morgan fingerprint density at radius 1 is 0.909 bits per heavy atom. The van der Waals surface area contributed by atoms with E-state index in [-0.39, 0.29) is 5.56 Å². The molecule has 0 saturated heterocycles. The van der Waals surface area contributed by atoms with E-state index in [1.807, 2.05) is 0 Å². The smallest absolute Gasteiger partial charge is 0.339 e. The van der Waals surface area contributed by atoms with Crippen LogP contribution in [0, 0.1) is 0 Å². The Morgan fingerprint density at radius 2 is 1.64 bits per heavy atom. The number of aromatic nitrogens is 4. The second kappa shape index (κ2) is 9.12. The number of carbonyl (C=O) groups excluding carboxylic acids is 1. The average molecular weight is 470 g/mol. The van der Waals surface area contributed by atoms with Crippen molar-refractivity contribution in [1.29, 1.82) is 0 Å². The number of rotatable bonds is 7. The fraction of sp³-hybridized carbons (Fsp3) is 0.0476. The largest absolute Gasteiger partial charge is 0.341 e. The van der Waals surface area contributed by atoms with Gasteiger partial charge in [0.2, 0.25) is 9.84 Å². The van der Waals surface area contributed by atoms with E-state index in [2.05, 4.69) is 25.9 Å². The van der Waals surface area contributed by atoms with Gasteiger partial charge in [0.25, 0.3) is 5.91 Å². The molecule has 0 aliphatic rings. The highest BCUT2D eigenvalue weighted by atomic mass is 32.2. The number of carbonyl (C=O) groups is 1. The number of hydrogen-bond acceptors (Lipinski definition) is 7. The molecule has 0 radical (unpaired) electrons. The highest BCUT2D eigenvalue weighted by molar-refractivity contribution is 7.91. The van der Waals surface area contributed by atoms with E-state index in [9.17, 15) is 22.0 Å². The van der Waals surface area contributed by atoms with Crippen molar-refractivity contribution in [2.75, 3.05) is 10.6 Å². The van der Waals surface area contributed by atoms with Crippen molar-refractivity contribution in [2.24, 2.45) is 0 Å². The molecule has 1 amide bonds. The number of benzene rings is 2. The van der Waals surface area contributed by atoms with Gasteiger partial charge in [-0.25, -0.2) is 13.1 Å². The zero-order valence-corrected chi connectivity index (χ0v) is 17.6. The second-order valence-corrected chi connectivity index (χ2v) is 8.57. The number of anilines is 3. The van der Waals surface area contributed by atoms with Crippen LogP contribution in [-0.2, 0) is 9.84 Å². The number of amides is 1. The van der Waals surface area contributed by atoms with E-state index in [0.29, 0.717) is 23.0 Å². The van der Waals surface area contributed by atoms with Gasteiger partial charge in [0.05, 0.1) is 10.5 Å². The van der Waals surface area contributed by atoms with Gasteiger partial charge in [0.1, 0.15) is 0 Å². The molecular formula is C21H16F2N6O3S. The Hall–Kier alpha value is -4.19. The molecule has 2 N–H and O–H groups in total. The summed E-state index contributed by atoms with van der Waals surface area (Å²) in [7, 11) is -4.93. The molecule has 168 valence electrons. The molecule has 2 aromatic carbocycles.